The van der Waals surface area contributed by atoms with E-state index in [4.69, 9.17) is 47.4 Å². The molecule has 0 saturated carbocycles. The molecule has 5 aliphatic rings. The number of rotatable bonds is 55. The second-order valence-corrected chi connectivity index (χ2v) is 30.0. The van der Waals surface area contributed by atoms with Crippen molar-refractivity contribution in [2.45, 2.75) is 412 Å². The van der Waals surface area contributed by atoms with Gasteiger partial charge in [0.05, 0.1) is 51.8 Å². The number of hydrogen-bond donors (Lipinski definition) is 18. The molecule has 0 spiro atoms. The summed E-state index contributed by atoms with van der Waals surface area (Å²) in [5.74, 6) is -1.89. The third-order valence-electron chi connectivity index (χ3n) is 21.1. The van der Waals surface area contributed by atoms with Crippen LogP contribution in [-0.4, -0.2) is 300 Å². The van der Waals surface area contributed by atoms with Crippen LogP contribution in [0, 0.1) is 0 Å². The maximum atomic E-state index is 13.6. The molecule has 626 valence electrons. The van der Waals surface area contributed by atoms with E-state index in [-0.39, 0.29) is 12.3 Å². The van der Waals surface area contributed by atoms with Crippen LogP contribution >= 0.6 is 0 Å². The Morgan fingerprint density at radius 1 is 0.364 bits per heavy atom. The highest BCUT2D eigenvalue weighted by Gasteiger charge is 2.57. The van der Waals surface area contributed by atoms with Gasteiger partial charge in [-0.25, -0.2) is 0 Å². The molecule has 0 bridgehead atoms. The molecule has 0 aliphatic carbocycles. The summed E-state index contributed by atoms with van der Waals surface area (Å²) in [5.41, 5.74) is 0. The van der Waals surface area contributed by atoms with Crippen LogP contribution in [0.15, 0.2) is 12.2 Å². The molecule has 0 aromatic rings. The Bertz CT molecular complexity index is 2380. The molecular formula is C76H139N3O28. The molecule has 31 heteroatoms. The van der Waals surface area contributed by atoms with Crippen LogP contribution in [0.25, 0.3) is 0 Å². The zero-order valence-corrected chi connectivity index (χ0v) is 64.0. The minimum Gasteiger partial charge on any atom is -0.394 e. The van der Waals surface area contributed by atoms with Gasteiger partial charge in [0.15, 0.2) is 31.5 Å². The Kier molecular flexibility index (Phi) is 47.2. The fourth-order valence-corrected chi connectivity index (χ4v) is 14.7. The van der Waals surface area contributed by atoms with Crippen molar-refractivity contribution in [3.05, 3.63) is 12.2 Å². The van der Waals surface area contributed by atoms with E-state index >= 15 is 0 Å². The van der Waals surface area contributed by atoms with E-state index in [0.29, 0.717) is 12.8 Å². The highest BCUT2D eigenvalue weighted by atomic mass is 16.8. The number of unbranched alkanes of at least 4 members (excludes halogenated alkanes) is 31. The number of nitrogens with one attached hydrogen (secondary N) is 3. The summed E-state index contributed by atoms with van der Waals surface area (Å²) in [6.07, 6.45) is -0.903. The zero-order chi connectivity index (χ0) is 78.2. The fraction of sp³-hybridized carbons (Fsp3) is 0.934. The van der Waals surface area contributed by atoms with E-state index in [1.165, 1.54) is 148 Å². The maximum Gasteiger partial charge on any atom is 0.220 e. The van der Waals surface area contributed by atoms with Gasteiger partial charge in [-0.05, 0) is 19.3 Å². The van der Waals surface area contributed by atoms with E-state index in [0.717, 1.165) is 65.2 Å². The predicted octanol–water partition coefficient (Wildman–Crippen LogP) is 2.09. The number of amides is 3. The first-order valence-electron chi connectivity index (χ1n) is 40.5. The van der Waals surface area contributed by atoms with Crippen molar-refractivity contribution in [3.63, 3.8) is 0 Å². The molecule has 0 radical (unpaired) electrons. The largest absolute Gasteiger partial charge is 0.394 e. The van der Waals surface area contributed by atoms with Gasteiger partial charge in [0.2, 0.25) is 17.7 Å². The van der Waals surface area contributed by atoms with E-state index in [1.54, 1.807) is 6.08 Å². The summed E-state index contributed by atoms with van der Waals surface area (Å²) in [6, 6.07) is -4.39. The van der Waals surface area contributed by atoms with Crippen molar-refractivity contribution >= 4 is 17.7 Å². The lowest BCUT2D eigenvalue weighted by Gasteiger charge is -2.50. The molecule has 18 N–H and O–H groups in total. The Morgan fingerprint density at radius 3 is 1.08 bits per heavy atom. The summed E-state index contributed by atoms with van der Waals surface area (Å²) >= 11 is 0. The molecule has 27 atom stereocenters. The average Bonchev–Trinajstić information content (AvgIpc) is 0.767. The van der Waals surface area contributed by atoms with Gasteiger partial charge >= 0.3 is 0 Å². The lowest BCUT2D eigenvalue weighted by atomic mass is 9.94. The quantitative estimate of drug-likeness (QED) is 0.0306. The molecule has 31 nitrogen and oxygen atoms in total. The first-order valence-corrected chi connectivity index (χ1v) is 40.5. The average molecular weight is 1540 g/mol. The maximum absolute atomic E-state index is 13.6. The summed E-state index contributed by atoms with van der Waals surface area (Å²) in [5, 5.41) is 175. The molecule has 5 aliphatic heterocycles. The predicted molar refractivity (Wildman–Crippen MR) is 389 cm³/mol. The zero-order valence-electron chi connectivity index (χ0n) is 64.0. The summed E-state index contributed by atoms with van der Waals surface area (Å²) < 4.78 is 59.1. The van der Waals surface area contributed by atoms with Crippen LogP contribution in [0.2, 0.25) is 0 Å². The monoisotopic (exact) mass is 1540 g/mol. The lowest BCUT2D eigenvalue weighted by molar-refractivity contribution is -0.385. The van der Waals surface area contributed by atoms with Crippen LogP contribution in [0.5, 0.6) is 0 Å². The number of ether oxygens (including phenoxy) is 10. The number of allylic oxidation sites excluding steroid dienone is 1. The van der Waals surface area contributed by atoms with Crippen molar-refractivity contribution in [2.24, 2.45) is 0 Å². The number of aliphatic hydroxyl groups is 15. The Balaban J connectivity index is 1.18. The number of carbonyl (C=O) groups is 3. The molecule has 3 amide bonds. The van der Waals surface area contributed by atoms with E-state index in [1.807, 2.05) is 6.08 Å². The molecule has 107 heavy (non-hydrogen) atoms. The Labute approximate surface area is 633 Å². The molecular weight excluding hydrogens is 1400 g/mol. The van der Waals surface area contributed by atoms with Gasteiger partial charge in [0.25, 0.3) is 0 Å². The number of hydrogen-bond acceptors (Lipinski definition) is 28. The second-order valence-electron chi connectivity index (χ2n) is 30.0. The fourth-order valence-electron chi connectivity index (χ4n) is 14.7. The van der Waals surface area contributed by atoms with E-state index in [2.05, 4.69) is 29.8 Å². The van der Waals surface area contributed by atoms with Crippen molar-refractivity contribution < 1.29 is 138 Å². The van der Waals surface area contributed by atoms with Crippen molar-refractivity contribution in [1.82, 2.24) is 16.0 Å². The molecule has 5 heterocycles. The summed E-state index contributed by atoms with van der Waals surface area (Å²) in [4.78, 5) is 38.6. The first kappa shape index (κ1) is 94.7. The van der Waals surface area contributed by atoms with Gasteiger partial charge in [-0.1, -0.05) is 219 Å². The van der Waals surface area contributed by atoms with Crippen LogP contribution in [0.4, 0.5) is 0 Å². The molecule has 10 unspecified atom stereocenters. The minimum absolute atomic E-state index is 0.191. The van der Waals surface area contributed by atoms with Gasteiger partial charge in [-0.2, -0.15) is 0 Å². The van der Waals surface area contributed by atoms with Gasteiger partial charge in [-0.15, -0.1) is 0 Å². The Morgan fingerprint density at radius 2 is 0.692 bits per heavy atom. The first-order chi connectivity index (χ1) is 51.6. The molecule has 5 rings (SSSR count). The number of carbonyl (C=O) groups excluding carboxylic acids is 3. The highest BCUT2D eigenvalue weighted by molar-refractivity contribution is 5.76. The van der Waals surface area contributed by atoms with Crippen LogP contribution in [-0.2, 0) is 61.8 Å². The van der Waals surface area contributed by atoms with Gasteiger partial charge < -0.3 is 140 Å². The van der Waals surface area contributed by atoms with Gasteiger partial charge in [0, 0.05) is 20.3 Å². The SMILES string of the molecule is CCCCCCCCCCCCC/C=C/[C@@H](O)[C@H](CO[C@@H]1OC(CO)[C@@H](O[C@@H]2OC(CO)[C@H](O)[C@H](O[C@@H]3OC(CO)[C@@H](O[C@@H]4OC(CO)[C@H](O)[C@H](O[C@@H]5OC(CO)[C@@H](O)[C@H](O)C5NC(C)=O)C4O)[C@H](O)C3NC(C)=O)C2O)[C@H](O)C1O)NC(=O)CCCCCCCCCCCCCCCCCCCCCCC. The topological polar surface area (TPSA) is 483 Å². The molecule has 0 aromatic heterocycles. The standard InChI is InChI=1S/C76H139N3O28/c1-5-7-9-11-13-15-17-19-20-21-22-23-24-25-26-28-30-32-34-36-38-40-56(88)79-49(50(87)39-37-35-33-31-29-27-18-16-14-12-10-8-6-2)46-98-74-65(95)64(94)69(55(45-84)103-74)105-76-67(97)71(61(91)53(43-82)101-76)107-73-58(78-48(4)86)63(93)68(54(44-83)102-73)104-75-66(96)70(60(90)52(42-81)100-75)106-72-57(77-47(3)85)62(92)59(89)51(41-80)99-72/h37,39,49-55,57-76,80-84,87,89-97H,5-36,38,40-46H2,1-4H3,(H,77,85)(H,78,86)(H,79,88)/b39-37+/t49-,50+,51?,52?,53?,54?,55?,57?,58?,59+,60-,61-,62+,63+,64+,65?,66?,67?,68+,69+,70-,71-,72-,73-,74+,75-,76-/m0/s1. The van der Waals surface area contributed by atoms with Crippen molar-refractivity contribution in [3.8, 4) is 0 Å². The van der Waals surface area contributed by atoms with Crippen LogP contribution in [0.1, 0.15) is 246 Å². The number of aliphatic hydroxyl groups excluding tert-OH is 15. The molecule has 5 fully saturated rings. The van der Waals surface area contributed by atoms with Crippen LogP contribution < -0.4 is 16.0 Å². The lowest BCUT2D eigenvalue weighted by Crippen LogP contribution is -2.70. The third kappa shape index (κ3) is 31.8. The normalized spacial score (nSPS) is 34.0. The van der Waals surface area contributed by atoms with Crippen molar-refractivity contribution in [1.29, 1.82) is 0 Å². The third-order valence-corrected chi connectivity index (χ3v) is 21.1. The minimum atomic E-state index is -2.16. The van der Waals surface area contributed by atoms with Crippen molar-refractivity contribution in [2.75, 3.05) is 39.6 Å². The van der Waals surface area contributed by atoms with Gasteiger partial charge in [-0.3, -0.25) is 14.4 Å². The summed E-state index contributed by atoms with van der Waals surface area (Å²) in [6.45, 7) is 1.41. The highest BCUT2D eigenvalue weighted by Crippen LogP contribution is 2.37. The van der Waals surface area contributed by atoms with Crippen LogP contribution in [0.3, 0.4) is 0 Å². The second kappa shape index (κ2) is 53.3. The smallest absolute Gasteiger partial charge is 0.220 e. The molecule has 0 aromatic carbocycles. The summed E-state index contributed by atoms with van der Waals surface area (Å²) in [7, 11) is 0. The van der Waals surface area contributed by atoms with E-state index in [9.17, 15) is 91.0 Å². The van der Waals surface area contributed by atoms with E-state index < -0.39 is 217 Å². The molecule has 5 saturated heterocycles. The Hall–Kier alpha value is -2.85. The van der Waals surface area contributed by atoms with Gasteiger partial charge in [0.1, 0.15) is 122 Å².